The molecule has 0 saturated heterocycles. The van der Waals surface area contributed by atoms with Gasteiger partial charge in [-0.1, -0.05) is 38.8 Å². The molecule has 1 heterocycles. The first-order valence-electron chi connectivity index (χ1n) is 4.50. The van der Waals surface area contributed by atoms with Gasteiger partial charge in [0.2, 0.25) is 0 Å². The summed E-state index contributed by atoms with van der Waals surface area (Å²) in [6.07, 6.45) is 5.32. The first kappa shape index (κ1) is 10.5. The fourth-order valence-electron chi connectivity index (χ4n) is 0.983. The molecule has 0 N–H and O–H groups in total. The molecule has 0 aliphatic heterocycles. The van der Waals surface area contributed by atoms with E-state index >= 15 is 0 Å². The Balaban J connectivity index is 2.69. The Hall–Kier alpha value is -0.630. The van der Waals surface area contributed by atoms with E-state index in [1.165, 1.54) is 0 Å². The molecule has 72 valence electrons. The fourth-order valence-corrected chi connectivity index (χ4v) is 1.08. The van der Waals surface area contributed by atoms with Crippen molar-refractivity contribution in [2.75, 3.05) is 0 Å². The van der Waals surface area contributed by atoms with E-state index in [1.54, 1.807) is 12.4 Å². The molecule has 0 spiro atoms. The van der Waals surface area contributed by atoms with Gasteiger partial charge in [-0.15, -0.1) is 0 Å². The van der Waals surface area contributed by atoms with Gasteiger partial charge in [-0.05, 0) is 5.41 Å². The zero-order valence-electron chi connectivity index (χ0n) is 8.34. The first-order valence-corrected chi connectivity index (χ1v) is 4.88. The van der Waals surface area contributed by atoms with Crippen LogP contribution in [0.1, 0.15) is 33.0 Å². The van der Waals surface area contributed by atoms with Gasteiger partial charge in [0.05, 0.1) is 5.02 Å². The summed E-state index contributed by atoms with van der Waals surface area (Å²) in [7, 11) is 0. The second kappa shape index (κ2) is 4.05. The predicted octanol–water partition coefficient (Wildman–Crippen LogP) is 3.11. The maximum Gasteiger partial charge on any atom is 0.128 e. The van der Waals surface area contributed by atoms with Crippen molar-refractivity contribution in [3.05, 3.63) is 23.2 Å². The summed E-state index contributed by atoms with van der Waals surface area (Å²) in [6.45, 7) is 6.60. The number of hydrogen-bond donors (Lipinski definition) is 0. The zero-order chi connectivity index (χ0) is 9.90. The molecular weight excluding hydrogens is 184 g/mol. The lowest BCUT2D eigenvalue weighted by Crippen LogP contribution is -2.15. The van der Waals surface area contributed by atoms with E-state index in [-0.39, 0.29) is 5.41 Å². The molecular formula is C10H15ClN2. The third kappa shape index (κ3) is 3.31. The highest BCUT2D eigenvalue weighted by atomic mass is 35.5. The Labute approximate surface area is 84.4 Å². The highest BCUT2D eigenvalue weighted by Crippen LogP contribution is 2.23. The summed E-state index contributed by atoms with van der Waals surface area (Å²) >= 11 is 5.69. The van der Waals surface area contributed by atoms with E-state index in [0.717, 1.165) is 18.7 Å². The van der Waals surface area contributed by atoms with Crippen molar-refractivity contribution in [2.45, 2.75) is 33.6 Å². The molecule has 1 aromatic heterocycles. The molecule has 0 aliphatic carbocycles. The summed E-state index contributed by atoms with van der Waals surface area (Å²) in [4.78, 5) is 8.34. The maximum absolute atomic E-state index is 5.69. The van der Waals surface area contributed by atoms with Crippen LogP contribution in [-0.2, 0) is 6.42 Å². The van der Waals surface area contributed by atoms with Crippen molar-refractivity contribution >= 4 is 11.6 Å². The Bertz CT molecular complexity index is 267. The zero-order valence-corrected chi connectivity index (χ0v) is 9.10. The molecule has 1 rings (SSSR count). The van der Waals surface area contributed by atoms with Gasteiger partial charge in [-0.2, -0.15) is 0 Å². The van der Waals surface area contributed by atoms with Gasteiger partial charge in [0, 0.05) is 18.8 Å². The molecule has 2 nitrogen and oxygen atoms in total. The van der Waals surface area contributed by atoms with Gasteiger partial charge in [-0.3, -0.25) is 0 Å². The summed E-state index contributed by atoms with van der Waals surface area (Å²) in [6, 6.07) is 0. The van der Waals surface area contributed by atoms with Crippen molar-refractivity contribution < 1.29 is 0 Å². The van der Waals surface area contributed by atoms with E-state index in [4.69, 9.17) is 11.6 Å². The molecule has 0 bridgehead atoms. The average molecular weight is 199 g/mol. The summed E-state index contributed by atoms with van der Waals surface area (Å²) in [5.41, 5.74) is 0.272. The van der Waals surface area contributed by atoms with Crippen molar-refractivity contribution in [1.29, 1.82) is 0 Å². The van der Waals surface area contributed by atoms with Crippen molar-refractivity contribution in [1.82, 2.24) is 9.97 Å². The second-order valence-corrected chi connectivity index (χ2v) is 4.45. The Morgan fingerprint density at radius 1 is 1.31 bits per heavy atom. The topological polar surface area (TPSA) is 25.8 Å². The van der Waals surface area contributed by atoms with Gasteiger partial charge in [0.25, 0.3) is 0 Å². The van der Waals surface area contributed by atoms with Crippen LogP contribution in [0, 0.1) is 5.41 Å². The molecule has 0 amide bonds. The third-order valence-corrected chi connectivity index (χ3v) is 2.46. The van der Waals surface area contributed by atoms with Crippen LogP contribution in [0.25, 0.3) is 0 Å². The minimum atomic E-state index is 0.272. The van der Waals surface area contributed by atoms with Crippen LogP contribution in [0.5, 0.6) is 0 Å². The van der Waals surface area contributed by atoms with Gasteiger partial charge in [0.15, 0.2) is 0 Å². The lowest BCUT2D eigenvalue weighted by atomic mass is 9.86. The second-order valence-electron chi connectivity index (χ2n) is 4.01. The minimum Gasteiger partial charge on any atom is -0.240 e. The monoisotopic (exact) mass is 198 g/mol. The normalized spacial score (nSPS) is 11.7. The Morgan fingerprint density at radius 2 is 1.85 bits per heavy atom. The maximum atomic E-state index is 5.69. The molecule has 0 radical (unpaired) electrons. The molecule has 1 aromatic rings. The van der Waals surface area contributed by atoms with Gasteiger partial charge < -0.3 is 0 Å². The Kier molecular flexibility index (Phi) is 3.26. The number of hydrogen-bond acceptors (Lipinski definition) is 2. The van der Waals surface area contributed by atoms with E-state index < -0.39 is 0 Å². The van der Waals surface area contributed by atoms with E-state index in [1.807, 2.05) is 0 Å². The summed E-state index contributed by atoms with van der Waals surface area (Å²) < 4.78 is 0. The summed E-state index contributed by atoms with van der Waals surface area (Å²) in [5, 5.41) is 0.595. The highest BCUT2D eigenvalue weighted by molar-refractivity contribution is 6.30. The molecule has 13 heavy (non-hydrogen) atoms. The van der Waals surface area contributed by atoms with Gasteiger partial charge in [-0.25, -0.2) is 9.97 Å². The fraction of sp³-hybridized carbons (Fsp3) is 0.600. The highest BCUT2D eigenvalue weighted by Gasteiger charge is 2.17. The van der Waals surface area contributed by atoms with Crippen LogP contribution in [0.4, 0.5) is 0 Å². The largest absolute Gasteiger partial charge is 0.240 e. The quantitative estimate of drug-likeness (QED) is 0.746. The van der Waals surface area contributed by atoms with Crippen LogP contribution in [0.2, 0.25) is 5.02 Å². The van der Waals surface area contributed by atoms with Crippen LogP contribution in [-0.4, -0.2) is 9.97 Å². The van der Waals surface area contributed by atoms with Gasteiger partial charge in [0.1, 0.15) is 5.82 Å². The molecule has 0 fully saturated rings. The van der Waals surface area contributed by atoms with Gasteiger partial charge >= 0.3 is 0 Å². The molecule has 0 atom stereocenters. The lowest BCUT2D eigenvalue weighted by Gasteiger charge is -2.20. The molecule has 0 aliphatic rings. The van der Waals surface area contributed by atoms with Crippen molar-refractivity contribution in [3.8, 4) is 0 Å². The van der Waals surface area contributed by atoms with E-state index in [0.29, 0.717) is 5.02 Å². The molecule has 0 unspecified atom stereocenters. The standard InChI is InChI=1S/C10H15ClN2/c1-4-10(2,3)5-9-12-6-8(11)7-13-9/h6-7H,4-5H2,1-3H3. The van der Waals surface area contributed by atoms with Crippen molar-refractivity contribution in [2.24, 2.45) is 5.41 Å². The molecule has 0 aromatic carbocycles. The van der Waals surface area contributed by atoms with E-state index in [2.05, 4.69) is 30.7 Å². The van der Waals surface area contributed by atoms with Crippen LogP contribution < -0.4 is 0 Å². The summed E-state index contributed by atoms with van der Waals surface area (Å²) in [5.74, 6) is 0.872. The lowest BCUT2D eigenvalue weighted by molar-refractivity contribution is 0.341. The number of nitrogens with zero attached hydrogens (tertiary/aromatic N) is 2. The van der Waals surface area contributed by atoms with E-state index in [9.17, 15) is 0 Å². The SMILES string of the molecule is CCC(C)(C)Cc1ncc(Cl)cn1. The first-order chi connectivity index (χ1) is 6.03. The number of rotatable bonds is 3. The minimum absolute atomic E-state index is 0.272. The number of aromatic nitrogens is 2. The van der Waals surface area contributed by atoms with Crippen LogP contribution >= 0.6 is 11.6 Å². The predicted molar refractivity (Wildman–Crippen MR) is 54.8 cm³/mol. The average Bonchev–Trinajstić information content (AvgIpc) is 2.09. The third-order valence-electron chi connectivity index (χ3n) is 2.27. The van der Waals surface area contributed by atoms with Crippen LogP contribution in [0.15, 0.2) is 12.4 Å². The van der Waals surface area contributed by atoms with Crippen molar-refractivity contribution in [3.63, 3.8) is 0 Å². The molecule has 0 saturated carbocycles. The van der Waals surface area contributed by atoms with Crippen LogP contribution in [0.3, 0.4) is 0 Å². The molecule has 3 heteroatoms. The smallest absolute Gasteiger partial charge is 0.128 e. The number of halogens is 1. The Morgan fingerprint density at radius 3 is 2.31 bits per heavy atom.